The maximum absolute atomic E-state index is 5.47. The monoisotopic (exact) mass is 391 g/mol. The number of benzene rings is 1. The number of anilines is 1. The van der Waals surface area contributed by atoms with Crippen LogP contribution in [0.4, 0.5) is 5.82 Å². The number of ether oxygens (including phenoxy) is 2. The predicted molar refractivity (Wildman–Crippen MR) is 107 cm³/mol. The fourth-order valence-electron chi connectivity index (χ4n) is 3.01. The Kier molecular flexibility index (Phi) is 4.17. The van der Waals surface area contributed by atoms with Gasteiger partial charge in [-0.25, -0.2) is 9.97 Å². The van der Waals surface area contributed by atoms with Gasteiger partial charge in [-0.15, -0.1) is 11.3 Å². The quantitative estimate of drug-likeness (QED) is 0.553. The summed E-state index contributed by atoms with van der Waals surface area (Å²) in [5.41, 5.74) is 2.06. The van der Waals surface area contributed by atoms with Crippen LogP contribution in [0.25, 0.3) is 16.4 Å². The van der Waals surface area contributed by atoms with Crippen molar-refractivity contribution in [1.82, 2.24) is 19.5 Å². The average molecular weight is 391 g/mol. The minimum Gasteiger partial charge on any atom is -0.454 e. The summed E-state index contributed by atoms with van der Waals surface area (Å²) in [5.74, 6) is 2.90. The zero-order chi connectivity index (χ0) is 18.9. The molecule has 0 atom stereocenters. The van der Waals surface area contributed by atoms with Crippen molar-refractivity contribution in [1.29, 1.82) is 0 Å². The van der Waals surface area contributed by atoms with E-state index in [1.165, 1.54) is 4.88 Å². The molecule has 28 heavy (non-hydrogen) atoms. The van der Waals surface area contributed by atoms with Crippen LogP contribution in [0.3, 0.4) is 0 Å². The van der Waals surface area contributed by atoms with Gasteiger partial charge in [0.1, 0.15) is 12.1 Å². The summed E-state index contributed by atoms with van der Waals surface area (Å²) in [6.07, 6.45) is 7.08. The number of hydrogen-bond donors (Lipinski definition) is 1. The van der Waals surface area contributed by atoms with Gasteiger partial charge in [0.05, 0.1) is 5.56 Å². The molecule has 1 N–H and O–H groups in total. The molecule has 0 fully saturated rings. The van der Waals surface area contributed by atoms with E-state index in [1.54, 1.807) is 28.4 Å². The molecule has 8 heteroatoms. The largest absolute Gasteiger partial charge is 0.454 e. The zero-order valence-corrected chi connectivity index (χ0v) is 15.9. The Morgan fingerprint density at radius 2 is 2.11 bits per heavy atom. The van der Waals surface area contributed by atoms with E-state index in [1.807, 2.05) is 30.6 Å². The smallest absolute Gasteiger partial charge is 0.236 e. The number of hydrogen-bond acceptors (Lipinski definition) is 7. The maximum Gasteiger partial charge on any atom is 0.236 e. The SMILES string of the molecule is Cc1ccc(-c2cnc(-n3ccnc3)nc2NCc2ccc3c(c2)OCO3)s1. The van der Waals surface area contributed by atoms with Gasteiger partial charge in [0, 0.05) is 34.9 Å². The predicted octanol–water partition coefficient (Wildman–Crippen LogP) is 4.04. The molecule has 0 radical (unpaired) electrons. The van der Waals surface area contributed by atoms with Crippen molar-refractivity contribution >= 4 is 17.2 Å². The summed E-state index contributed by atoms with van der Waals surface area (Å²) in [6.45, 7) is 2.97. The lowest BCUT2D eigenvalue weighted by Crippen LogP contribution is -2.07. The number of rotatable bonds is 5. The van der Waals surface area contributed by atoms with E-state index in [0.717, 1.165) is 33.3 Å². The lowest BCUT2D eigenvalue weighted by Gasteiger charge is -2.12. The molecule has 0 amide bonds. The zero-order valence-electron chi connectivity index (χ0n) is 15.1. The average Bonchev–Trinajstić information content (AvgIpc) is 3.47. The molecule has 7 nitrogen and oxygen atoms in total. The van der Waals surface area contributed by atoms with E-state index in [9.17, 15) is 0 Å². The molecule has 1 aliphatic rings. The Morgan fingerprint density at radius 1 is 1.18 bits per heavy atom. The minimum atomic E-state index is 0.272. The van der Waals surface area contributed by atoms with Gasteiger partial charge in [0.2, 0.25) is 12.7 Å². The standard InChI is InChI=1S/C20H17N5O2S/c1-13-2-5-18(28-13)15-10-23-20(25-7-6-21-11-25)24-19(15)22-9-14-3-4-16-17(8-14)27-12-26-16/h2-8,10-11H,9,12H2,1H3,(H,22,23,24). The maximum atomic E-state index is 5.47. The highest BCUT2D eigenvalue weighted by Gasteiger charge is 2.15. The van der Waals surface area contributed by atoms with Crippen molar-refractivity contribution in [2.24, 2.45) is 0 Å². The minimum absolute atomic E-state index is 0.272. The third-order valence-electron chi connectivity index (χ3n) is 4.41. The fourth-order valence-corrected chi connectivity index (χ4v) is 3.88. The van der Waals surface area contributed by atoms with E-state index in [2.05, 4.69) is 34.3 Å². The fraction of sp³-hybridized carbons (Fsp3) is 0.150. The molecule has 0 spiro atoms. The van der Waals surface area contributed by atoms with Crippen LogP contribution in [0, 0.1) is 6.92 Å². The van der Waals surface area contributed by atoms with E-state index < -0.39 is 0 Å². The second-order valence-electron chi connectivity index (χ2n) is 6.35. The highest BCUT2D eigenvalue weighted by atomic mass is 32.1. The van der Waals surface area contributed by atoms with Crippen LogP contribution in [0.15, 0.2) is 55.2 Å². The number of aryl methyl sites for hydroxylation is 1. The first-order valence-electron chi connectivity index (χ1n) is 8.81. The van der Waals surface area contributed by atoms with E-state index in [4.69, 9.17) is 14.5 Å². The summed E-state index contributed by atoms with van der Waals surface area (Å²) in [6, 6.07) is 10.1. The van der Waals surface area contributed by atoms with Crippen molar-refractivity contribution in [3.63, 3.8) is 0 Å². The summed E-state index contributed by atoms with van der Waals surface area (Å²) in [5, 5.41) is 3.46. The van der Waals surface area contributed by atoms with Gasteiger partial charge in [-0.2, -0.15) is 4.98 Å². The topological polar surface area (TPSA) is 74.1 Å². The summed E-state index contributed by atoms with van der Waals surface area (Å²) >= 11 is 1.72. The van der Waals surface area contributed by atoms with Crippen molar-refractivity contribution in [3.05, 3.63) is 65.7 Å². The first-order valence-corrected chi connectivity index (χ1v) is 9.62. The molecule has 0 saturated heterocycles. The number of thiophene rings is 1. The van der Waals surface area contributed by atoms with Gasteiger partial charge in [-0.3, -0.25) is 4.57 Å². The molecular weight excluding hydrogens is 374 g/mol. The molecular formula is C20H17N5O2S. The summed E-state index contributed by atoms with van der Waals surface area (Å²) in [4.78, 5) is 15.7. The number of fused-ring (bicyclic) bond motifs is 1. The lowest BCUT2D eigenvalue weighted by atomic mass is 10.2. The Bertz CT molecular complexity index is 1120. The van der Waals surface area contributed by atoms with Gasteiger partial charge < -0.3 is 14.8 Å². The van der Waals surface area contributed by atoms with Crippen LogP contribution in [0.5, 0.6) is 11.5 Å². The molecule has 4 heterocycles. The van der Waals surface area contributed by atoms with Crippen LogP contribution in [-0.2, 0) is 6.54 Å². The third kappa shape index (κ3) is 3.18. The molecule has 1 aliphatic heterocycles. The van der Waals surface area contributed by atoms with Crippen LogP contribution < -0.4 is 14.8 Å². The number of aromatic nitrogens is 4. The second kappa shape index (κ2) is 6.97. The number of nitrogens with one attached hydrogen (secondary N) is 1. The van der Waals surface area contributed by atoms with Gasteiger partial charge in [-0.05, 0) is 36.8 Å². The number of nitrogens with zero attached hydrogens (tertiary/aromatic N) is 4. The first kappa shape index (κ1) is 16.8. The molecule has 0 unspecified atom stereocenters. The summed E-state index contributed by atoms with van der Waals surface area (Å²) in [7, 11) is 0. The van der Waals surface area contributed by atoms with Crippen molar-refractivity contribution in [2.75, 3.05) is 12.1 Å². The highest BCUT2D eigenvalue weighted by Crippen LogP contribution is 2.34. The third-order valence-corrected chi connectivity index (χ3v) is 5.45. The molecule has 1 aromatic carbocycles. The van der Waals surface area contributed by atoms with Crippen LogP contribution >= 0.6 is 11.3 Å². The molecule has 0 bridgehead atoms. The van der Waals surface area contributed by atoms with Gasteiger partial charge >= 0.3 is 0 Å². The van der Waals surface area contributed by atoms with E-state index >= 15 is 0 Å². The van der Waals surface area contributed by atoms with E-state index in [0.29, 0.717) is 12.5 Å². The summed E-state index contributed by atoms with van der Waals surface area (Å²) < 4.78 is 12.6. The Balaban J connectivity index is 1.47. The normalized spacial score (nSPS) is 12.3. The van der Waals surface area contributed by atoms with Gasteiger partial charge in [0.15, 0.2) is 11.5 Å². The lowest BCUT2D eigenvalue weighted by molar-refractivity contribution is 0.174. The van der Waals surface area contributed by atoms with E-state index in [-0.39, 0.29) is 6.79 Å². The highest BCUT2D eigenvalue weighted by molar-refractivity contribution is 7.15. The first-order chi connectivity index (χ1) is 13.8. The van der Waals surface area contributed by atoms with Crippen molar-refractivity contribution in [3.8, 4) is 27.9 Å². The molecule has 4 aromatic rings. The van der Waals surface area contributed by atoms with Crippen molar-refractivity contribution < 1.29 is 9.47 Å². The Labute approximate surface area is 165 Å². The molecule has 0 saturated carbocycles. The van der Waals surface area contributed by atoms with Crippen LogP contribution in [0.2, 0.25) is 0 Å². The second-order valence-corrected chi connectivity index (χ2v) is 7.64. The van der Waals surface area contributed by atoms with Gasteiger partial charge in [-0.1, -0.05) is 6.07 Å². The molecule has 140 valence electrons. The van der Waals surface area contributed by atoms with Crippen LogP contribution in [-0.4, -0.2) is 26.3 Å². The van der Waals surface area contributed by atoms with Crippen molar-refractivity contribution in [2.45, 2.75) is 13.5 Å². The van der Waals surface area contributed by atoms with Gasteiger partial charge in [0.25, 0.3) is 0 Å². The number of imidazole rings is 1. The molecule has 5 rings (SSSR count). The molecule has 0 aliphatic carbocycles. The Morgan fingerprint density at radius 3 is 2.93 bits per heavy atom. The Hall–Kier alpha value is -3.39. The molecule has 3 aromatic heterocycles. The van der Waals surface area contributed by atoms with Crippen LogP contribution in [0.1, 0.15) is 10.4 Å².